The molecular formula is C23H25FN4OS. The van der Waals surface area contributed by atoms with E-state index in [1.165, 1.54) is 23.9 Å². The lowest BCUT2D eigenvalue weighted by molar-refractivity contribution is -0.129. The fourth-order valence-corrected chi connectivity index (χ4v) is 4.50. The minimum absolute atomic E-state index is 0.134. The molecule has 2 aromatic carbocycles. The summed E-state index contributed by atoms with van der Waals surface area (Å²) in [6.07, 6.45) is 2.12. The number of halogens is 1. The van der Waals surface area contributed by atoms with Gasteiger partial charge in [-0.3, -0.25) is 9.36 Å². The fraction of sp³-hybridized carbons (Fsp3) is 0.348. The number of carbonyl (C=O) groups is 1. The van der Waals surface area contributed by atoms with Crippen molar-refractivity contribution in [3.8, 4) is 17.1 Å². The maximum Gasteiger partial charge on any atom is 0.233 e. The van der Waals surface area contributed by atoms with Crippen LogP contribution in [-0.2, 0) is 4.79 Å². The number of amides is 1. The van der Waals surface area contributed by atoms with Crippen molar-refractivity contribution in [3.05, 3.63) is 59.9 Å². The summed E-state index contributed by atoms with van der Waals surface area (Å²) in [4.78, 5) is 14.7. The number of aromatic nitrogens is 3. The number of thioether (sulfide) groups is 1. The first-order chi connectivity index (χ1) is 14.5. The van der Waals surface area contributed by atoms with Crippen LogP contribution < -0.4 is 0 Å². The highest BCUT2D eigenvalue weighted by Crippen LogP contribution is 2.30. The molecule has 2 heterocycles. The molecule has 0 radical (unpaired) electrons. The molecule has 5 nitrogen and oxygen atoms in total. The van der Waals surface area contributed by atoms with Crippen LogP contribution in [0.15, 0.2) is 53.7 Å². The Kier molecular flexibility index (Phi) is 6.18. The maximum atomic E-state index is 13.4. The van der Waals surface area contributed by atoms with Gasteiger partial charge in [0.2, 0.25) is 5.91 Å². The lowest BCUT2D eigenvalue weighted by Gasteiger charge is -2.30. The van der Waals surface area contributed by atoms with E-state index in [9.17, 15) is 9.18 Å². The van der Waals surface area contributed by atoms with E-state index in [0.717, 1.165) is 42.7 Å². The molecule has 30 heavy (non-hydrogen) atoms. The van der Waals surface area contributed by atoms with Gasteiger partial charge in [0.05, 0.1) is 11.4 Å². The number of aryl methyl sites for hydroxylation is 1. The van der Waals surface area contributed by atoms with E-state index < -0.39 is 0 Å². The maximum absolute atomic E-state index is 13.4. The first-order valence-electron chi connectivity index (χ1n) is 10.2. The summed E-state index contributed by atoms with van der Waals surface area (Å²) in [6.45, 7) is 5.91. The van der Waals surface area contributed by atoms with Crippen LogP contribution >= 0.6 is 11.8 Å². The van der Waals surface area contributed by atoms with Gasteiger partial charge >= 0.3 is 0 Å². The number of likely N-dealkylation sites (tertiary alicyclic amines) is 1. The van der Waals surface area contributed by atoms with Crippen molar-refractivity contribution in [2.24, 2.45) is 5.92 Å². The molecule has 0 atom stereocenters. The Hall–Kier alpha value is -2.67. The third kappa shape index (κ3) is 4.41. The highest BCUT2D eigenvalue weighted by molar-refractivity contribution is 7.99. The zero-order valence-electron chi connectivity index (χ0n) is 17.2. The summed E-state index contributed by atoms with van der Waals surface area (Å²) >= 11 is 1.40. The summed E-state index contributed by atoms with van der Waals surface area (Å²) < 4.78 is 15.4. The summed E-state index contributed by atoms with van der Waals surface area (Å²) in [5.41, 5.74) is 2.79. The molecule has 0 saturated carbocycles. The van der Waals surface area contributed by atoms with Crippen LogP contribution in [0.1, 0.15) is 25.3 Å². The van der Waals surface area contributed by atoms with Crippen molar-refractivity contribution in [2.45, 2.75) is 31.8 Å². The largest absolute Gasteiger partial charge is 0.342 e. The predicted octanol–water partition coefficient (Wildman–Crippen LogP) is 4.73. The van der Waals surface area contributed by atoms with E-state index in [-0.39, 0.29) is 11.7 Å². The molecule has 1 fully saturated rings. The molecule has 1 amide bonds. The minimum Gasteiger partial charge on any atom is -0.342 e. The van der Waals surface area contributed by atoms with E-state index in [4.69, 9.17) is 0 Å². The van der Waals surface area contributed by atoms with E-state index in [1.54, 1.807) is 12.1 Å². The van der Waals surface area contributed by atoms with Crippen LogP contribution in [0.3, 0.4) is 0 Å². The van der Waals surface area contributed by atoms with Crippen molar-refractivity contribution in [3.63, 3.8) is 0 Å². The van der Waals surface area contributed by atoms with Gasteiger partial charge in [0.1, 0.15) is 5.82 Å². The summed E-state index contributed by atoms with van der Waals surface area (Å²) in [5, 5.41) is 9.41. The normalized spacial score (nSPS) is 14.8. The number of hydrogen-bond acceptors (Lipinski definition) is 4. The number of nitrogens with zero attached hydrogens (tertiary/aromatic N) is 4. The van der Waals surface area contributed by atoms with Gasteiger partial charge in [-0.25, -0.2) is 4.39 Å². The van der Waals surface area contributed by atoms with E-state index in [1.807, 2.05) is 40.7 Å². The van der Waals surface area contributed by atoms with Gasteiger partial charge in [0.15, 0.2) is 11.0 Å². The second-order valence-corrected chi connectivity index (χ2v) is 8.73. The predicted molar refractivity (Wildman–Crippen MR) is 117 cm³/mol. The number of piperidine rings is 1. The SMILES string of the molecule is Cc1ccccc1-n1c(SCC(=O)N2CCC(C)CC2)nnc1-c1ccc(F)cc1. The number of hydrogen-bond donors (Lipinski definition) is 0. The summed E-state index contributed by atoms with van der Waals surface area (Å²) in [7, 11) is 0. The zero-order valence-corrected chi connectivity index (χ0v) is 18.0. The molecule has 156 valence electrons. The topological polar surface area (TPSA) is 51.0 Å². The number of carbonyl (C=O) groups excluding carboxylic acids is 1. The van der Waals surface area contributed by atoms with E-state index in [0.29, 0.717) is 22.7 Å². The van der Waals surface area contributed by atoms with Crippen molar-refractivity contribution in [1.82, 2.24) is 19.7 Å². The van der Waals surface area contributed by atoms with Crippen molar-refractivity contribution in [2.75, 3.05) is 18.8 Å². The van der Waals surface area contributed by atoms with Gasteiger partial charge in [0.25, 0.3) is 0 Å². The molecule has 0 aliphatic carbocycles. The molecule has 4 rings (SSSR count). The molecule has 0 bridgehead atoms. The third-order valence-electron chi connectivity index (χ3n) is 5.55. The molecular weight excluding hydrogens is 399 g/mol. The van der Waals surface area contributed by atoms with Crippen molar-refractivity contribution >= 4 is 17.7 Å². The number of benzene rings is 2. The quantitative estimate of drug-likeness (QED) is 0.556. The van der Waals surface area contributed by atoms with Crippen LogP contribution in [0.5, 0.6) is 0 Å². The monoisotopic (exact) mass is 424 g/mol. The smallest absolute Gasteiger partial charge is 0.233 e. The molecule has 1 aliphatic heterocycles. The standard InChI is InChI=1S/C23H25FN4OS/c1-16-11-13-27(14-12-16)21(29)15-30-23-26-25-22(18-7-9-19(24)10-8-18)28(23)20-6-4-3-5-17(20)2/h3-10,16H,11-15H2,1-2H3. The first kappa shape index (κ1) is 20.6. The van der Waals surface area contributed by atoms with Gasteiger partial charge in [-0.15, -0.1) is 10.2 Å². The Morgan fingerprint density at radius 3 is 2.50 bits per heavy atom. The lowest BCUT2D eigenvalue weighted by Crippen LogP contribution is -2.38. The third-order valence-corrected chi connectivity index (χ3v) is 6.47. The van der Waals surface area contributed by atoms with Gasteiger partial charge in [-0.1, -0.05) is 36.9 Å². The average Bonchev–Trinajstić information content (AvgIpc) is 3.17. The summed E-state index contributed by atoms with van der Waals surface area (Å²) in [6, 6.07) is 14.2. The second kappa shape index (κ2) is 9.00. The number of rotatable bonds is 5. The Bertz CT molecular complexity index is 1030. The molecule has 1 saturated heterocycles. The van der Waals surface area contributed by atoms with Crippen LogP contribution in [0.25, 0.3) is 17.1 Å². The lowest BCUT2D eigenvalue weighted by atomic mass is 9.99. The average molecular weight is 425 g/mol. The van der Waals surface area contributed by atoms with E-state index >= 15 is 0 Å². The minimum atomic E-state index is -0.295. The Labute approximate surface area is 180 Å². The Balaban J connectivity index is 1.62. The Morgan fingerprint density at radius 2 is 1.80 bits per heavy atom. The highest BCUT2D eigenvalue weighted by atomic mass is 32.2. The summed E-state index contributed by atoms with van der Waals surface area (Å²) in [5.74, 6) is 1.48. The molecule has 0 N–H and O–H groups in total. The Morgan fingerprint density at radius 1 is 1.10 bits per heavy atom. The van der Waals surface area contributed by atoms with Gasteiger partial charge < -0.3 is 4.90 Å². The molecule has 1 aromatic heterocycles. The van der Waals surface area contributed by atoms with Crippen molar-refractivity contribution in [1.29, 1.82) is 0 Å². The zero-order chi connectivity index (χ0) is 21.1. The van der Waals surface area contributed by atoms with Gasteiger partial charge in [-0.2, -0.15) is 0 Å². The molecule has 7 heteroatoms. The molecule has 1 aliphatic rings. The van der Waals surface area contributed by atoms with Crippen LogP contribution in [0, 0.1) is 18.7 Å². The molecule has 0 spiro atoms. The second-order valence-electron chi connectivity index (χ2n) is 7.79. The fourth-order valence-electron chi connectivity index (χ4n) is 3.66. The van der Waals surface area contributed by atoms with Crippen molar-refractivity contribution < 1.29 is 9.18 Å². The van der Waals surface area contributed by atoms with Crippen LogP contribution in [0.2, 0.25) is 0 Å². The van der Waals surface area contributed by atoms with Crippen LogP contribution in [0.4, 0.5) is 4.39 Å². The van der Waals surface area contributed by atoms with Crippen LogP contribution in [-0.4, -0.2) is 44.4 Å². The molecule has 3 aromatic rings. The molecule has 0 unspecified atom stereocenters. The van der Waals surface area contributed by atoms with E-state index in [2.05, 4.69) is 17.1 Å². The first-order valence-corrected chi connectivity index (χ1v) is 11.2. The highest BCUT2D eigenvalue weighted by Gasteiger charge is 2.23. The van der Waals surface area contributed by atoms with Gasteiger partial charge in [0, 0.05) is 18.7 Å². The van der Waals surface area contributed by atoms with Gasteiger partial charge in [-0.05, 0) is 61.6 Å². The number of para-hydroxylation sites is 1.